The summed E-state index contributed by atoms with van der Waals surface area (Å²) >= 11 is 0. The van der Waals surface area contributed by atoms with E-state index in [2.05, 4.69) is 22.7 Å². The summed E-state index contributed by atoms with van der Waals surface area (Å²) in [7, 11) is 0. The molecule has 0 bridgehead atoms. The van der Waals surface area contributed by atoms with Gasteiger partial charge >= 0.3 is 0 Å². The van der Waals surface area contributed by atoms with Gasteiger partial charge in [0, 0.05) is 18.9 Å². The van der Waals surface area contributed by atoms with Crippen LogP contribution in [0.3, 0.4) is 0 Å². The number of hydrogen-bond donors (Lipinski definition) is 2. The van der Waals surface area contributed by atoms with Crippen LogP contribution >= 0.6 is 0 Å². The molecule has 0 spiro atoms. The number of nitrogens with zero attached hydrogens (tertiary/aromatic N) is 2. The van der Waals surface area contributed by atoms with Crippen LogP contribution in [0.25, 0.3) is 0 Å². The predicted molar refractivity (Wildman–Crippen MR) is 58.3 cm³/mol. The summed E-state index contributed by atoms with van der Waals surface area (Å²) in [6, 6.07) is 1.95. The van der Waals surface area contributed by atoms with Gasteiger partial charge in [0.1, 0.15) is 0 Å². The summed E-state index contributed by atoms with van der Waals surface area (Å²) in [5.41, 5.74) is 0. The summed E-state index contributed by atoms with van der Waals surface area (Å²) in [5.74, 6) is 0. The van der Waals surface area contributed by atoms with Crippen molar-refractivity contribution in [1.82, 2.24) is 20.4 Å². The Morgan fingerprint density at radius 3 is 2.79 bits per heavy atom. The monoisotopic (exact) mass is 196 g/mol. The van der Waals surface area contributed by atoms with Crippen LogP contribution in [0.4, 0.5) is 0 Å². The molecule has 0 fully saturated rings. The molecular formula is C10H20N4. The first-order valence-corrected chi connectivity index (χ1v) is 5.32. The highest BCUT2D eigenvalue weighted by Gasteiger charge is 1.90. The number of aromatic nitrogens is 2. The number of nitrogens with one attached hydrogen (secondary N) is 2. The molecule has 0 aliphatic rings. The van der Waals surface area contributed by atoms with Crippen molar-refractivity contribution in [3.8, 4) is 0 Å². The van der Waals surface area contributed by atoms with E-state index in [-0.39, 0.29) is 0 Å². The van der Waals surface area contributed by atoms with Gasteiger partial charge < -0.3 is 10.6 Å². The lowest BCUT2D eigenvalue weighted by molar-refractivity contribution is 0.539. The molecular weight excluding hydrogens is 176 g/mol. The van der Waals surface area contributed by atoms with Crippen LogP contribution in [0.5, 0.6) is 0 Å². The van der Waals surface area contributed by atoms with E-state index in [4.69, 9.17) is 0 Å². The molecule has 0 amide bonds. The summed E-state index contributed by atoms with van der Waals surface area (Å²) in [6.45, 7) is 7.32. The minimum Gasteiger partial charge on any atom is -0.317 e. The summed E-state index contributed by atoms with van der Waals surface area (Å²) in [6.07, 6.45) is 4.98. The first-order valence-electron chi connectivity index (χ1n) is 5.32. The molecule has 0 atom stereocenters. The van der Waals surface area contributed by atoms with E-state index in [1.54, 1.807) is 0 Å². The zero-order valence-corrected chi connectivity index (χ0v) is 8.87. The van der Waals surface area contributed by atoms with Crippen molar-refractivity contribution in [3.63, 3.8) is 0 Å². The predicted octanol–water partition coefficient (Wildman–Crippen LogP) is 0.472. The van der Waals surface area contributed by atoms with Crippen molar-refractivity contribution >= 4 is 0 Å². The van der Waals surface area contributed by atoms with Crippen LogP contribution < -0.4 is 10.6 Å². The van der Waals surface area contributed by atoms with Crippen LogP contribution in [0.2, 0.25) is 0 Å². The summed E-state index contributed by atoms with van der Waals surface area (Å²) in [5, 5.41) is 10.8. The van der Waals surface area contributed by atoms with Crippen LogP contribution in [0.1, 0.15) is 13.3 Å². The van der Waals surface area contributed by atoms with Crippen molar-refractivity contribution < 1.29 is 0 Å². The van der Waals surface area contributed by atoms with E-state index in [1.807, 2.05) is 23.1 Å². The number of rotatable bonds is 8. The van der Waals surface area contributed by atoms with E-state index in [0.717, 1.165) is 32.7 Å². The number of hydrogen-bond acceptors (Lipinski definition) is 3. The van der Waals surface area contributed by atoms with Gasteiger partial charge in [-0.15, -0.1) is 0 Å². The van der Waals surface area contributed by atoms with Crippen molar-refractivity contribution in [2.45, 2.75) is 19.9 Å². The molecule has 4 heteroatoms. The zero-order valence-electron chi connectivity index (χ0n) is 8.87. The molecule has 0 radical (unpaired) electrons. The topological polar surface area (TPSA) is 41.9 Å². The van der Waals surface area contributed by atoms with E-state index < -0.39 is 0 Å². The van der Waals surface area contributed by atoms with Gasteiger partial charge in [0.25, 0.3) is 0 Å². The Labute approximate surface area is 85.7 Å². The van der Waals surface area contributed by atoms with E-state index in [0.29, 0.717) is 0 Å². The lowest BCUT2D eigenvalue weighted by atomic mass is 10.4. The van der Waals surface area contributed by atoms with Crippen molar-refractivity contribution in [3.05, 3.63) is 18.5 Å². The second-order valence-corrected chi connectivity index (χ2v) is 3.23. The molecule has 4 nitrogen and oxygen atoms in total. The van der Waals surface area contributed by atoms with Gasteiger partial charge in [-0.05, 0) is 32.1 Å². The SMILES string of the molecule is CCNCCCNCCn1cccn1. The lowest BCUT2D eigenvalue weighted by Gasteiger charge is -2.05. The molecule has 2 N–H and O–H groups in total. The second-order valence-electron chi connectivity index (χ2n) is 3.23. The average molecular weight is 196 g/mol. The molecule has 14 heavy (non-hydrogen) atoms. The molecule has 1 rings (SSSR count). The lowest BCUT2D eigenvalue weighted by Crippen LogP contribution is -2.24. The molecule has 0 saturated carbocycles. The van der Waals surface area contributed by atoms with E-state index >= 15 is 0 Å². The Morgan fingerprint density at radius 2 is 2.07 bits per heavy atom. The normalized spacial score (nSPS) is 10.6. The molecule has 1 aromatic heterocycles. The summed E-state index contributed by atoms with van der Waals surface area (Å²) in [4.78, 5) is 0. The third-order valence-corrected chi connectivity index (χ3v) is 2.03. The fourth-order valence-corrected chi connectivity index (χ4v) is 1.27. The van der Waals surface area contributed by atoms with Gasteiger partial charge in [-0.3, -0.25) is 4.68 Å². The van der Waals surface area contributed by atoms with Crippen molar-refractivity contribution in [2.75, 3.05) is 26.2 Å². The maximum Gasteiger partial charge on any atom is 0.0533 e. The third kappa shape index (κ3) is 4.99. The Kier molecular flexibility index (Phi) is 6.02. The Bertz CT molecular complexity index is 208. The minimum absolute atomic E-state index is 0.953. The molecule has 80 valence electrons. The average Bonchev–Trinajstić information content (AvgIpc) is 2.69. The third-order valence-electron chi connectivity index (χ3n) is 2.03. The Hall–Kier alpha value is -0.870. The van der Waals surface area contributed by atoms with Crippen LogP contribution in [0, 0.1) is 0 Å². The maximum absolute atomic E-state index is 4.13. The quantitative estimate of drug-likeness (QED) is 0.594. The van der Waals surface area contributed by atoms with Gasteiger partial charge in [0.15, 0.2) is 0 Å². The second kappa shape index (κ2) is 7.53. The fourth-order valence-electron chi connectivity index (χ4n) is 1.27. The largest absolute Gasteiger partial charge is 0.317 e. The maximum atomic E-state index is 4.13. The molecule has 0 aromatic carbocycles. The van der Waals surface area contributed by atoms with Gasteiger partial charge in [-0.2, -0.15) is 5.10 Å². The highest BCUT2D eigenvalue weighted by molar-refractivity contribution is 4.77. The highest BCUT2D eigenvalue weighted by Crippen LogP contribution is 1.82. The van der Waals surface area contributed by atoms with Gasteiger partial charge in [-0.25, -0.2) is 0 Å². The highest BCUT2D eigenvalue weighted by atomic mass is 15.3. The molecule has 0 saturated heterocycles. The van der Waals surface area contributed by atoms with E-state index in [9.17, 15) is 0 Å². The minimum atomic E-state index is 0.953. The summed E-state index contributed by atoms with van der Waals surface area (Å²) < 4.78 is 1.94. The van der Waals surface area contributed by atoms with Gasteiger partial charge in [0.05, 0.1) is 6.54 Å². The molecule has 0 unspecified atom stereocenters. The molecule has 0 aliphatic heterocycles. The first-order chi connectivity index (χ1) is 6.93. The molecule has 1 aromatic rings. The fraction of sp³-hybridized carbons (Fsp3) is 0.700. The van der Waals surface area contributed by atoms with Crippen LogP contribution in [-0.2, 0) is 6.54 Å². The first kappa shape index (κ1) is 11.2. The molecule has 1 heterocycles. The van der Waals surface area contributed by atoms with Gasteiger partial charge in [-0.1, -0.05) is 6.92 Å². The van der Waals surface area contributed by atoms with Crippen molar-refractivity contribution in [2.24, 2.45) is 0 Å². The smallest absolute Gasteiger partial charge is 0.0533 e. The van der Waals surface area contributed by atoms with Crippen molar-refractivity contribution in [1.29, 1.82) is 0 Å². The van der Waals surface area contributed by atoms with E-state index in [1.165, 1.54) is 6.42 Å². The van der Waals surface area contributed by atoms with Crippen LogP contribution in [0.15, 0.2) is 18.5 Å². The standard InChI is InChI=1S/C10H20N4/c1-2-11-5-3-6-12-8-10-14-9-4-7-13-14/h4,7,9,11-12H,2-3,5-6,8,10H2,1H3. The molecule has 0 aliphatic carbocycles. The Morgan fingerprint density at radius 1 is 1.21 bits per heavy atom. The van der Waals surface area contributed by atoms with Gasteiger partial charge in [0.2, 0.25) is 0 Å². The Balaban J connectivity index is 1.85. The van der Waals surface area contributed by atoms with Crippen LogP contribution in [-0.4, -0.2) is 36.0 Å². The zero-order chi connectivity index (χ0) is 10.1.